The van der Waals surface area contributed by atoms with Gasteiger partial charge >= 0.3 is 5.97 Å². The van der Waals surface area contributed by atoms with Gasteiger partial charge in [0.15, 0.2) is 0 Å². The number of hydrogen-bond acceptors (Lipinski definition) is 5. The average Bonchev–Trinajstić information content (AvgIpc) is 3.35. The van der Waals surface area contributed by atoms with E-state index in [2.05, 4.69) is 18.0 Å². The molecule has 144 valence electrons. The first-order valence-corrected chi connectivity index (χ1v) is 9.75. The Morgan fingerprint density at radius 1 is 1.32 bits per heavy atom. The molecule has 0 bridgehead atoms. The van der Waals surface area contributed by atoms with Gasteiger partial charge in [0, 0.05) is 4.88 Å². The Morgan fingerprint density at radius 2 is 2.11 bits per heavy atom. The van der Waals surface area contributed by atoms with Gasteiger partial charge in [0.2, 0.25) is 5.89 Å². The number of nitrogens with zero attached hydrogens (tertiary/aromatic N) is 2. The van der Waals surface area contributed by atoms with Crippen molar-refractivity contribution in [3.63, 3.8) is 0 Å². The van der Waals surface area contributed by atoms with Crippen molar-refractivity contribution in [2.45, 2.75) is 26.8 Å². The van der Waals surface area contributed by atoms with E-state index in [1.807, 2.05) is 10.6 Å². The highest BCUT2D eigenvalue weighted by atomic mass is 32.1. The summed E-state index contributed by atoms with van der Waals surface area (Å²) in [5.41, 5.74) is 2.37. The molecule has 0 aliphatic carbocycles. The summed E-state index contributed by atoms with van der Waals surface area (Å²) in [6.07, 6.45) is 0.924. The Labute approximate surface area is 165 Å². The number of carbonyl (C=O) groups is 1. The number of fused-ring (bicyclic) bond motifs is 1. The van der Waals surface area contributed by atoms with E-state index in [1.54, 1.807) is 36.5 Å². The first kappa shape index (κ1) is 18.4. The van der Waals surface area contributed by atoms with Crippen molar-refractivity contribution in [1.29, 1.82) is 0 Å². The summed E-state index contributed by atoms with van der Waals surface area (Å²) in [7, 11) is 1.36. The lowest BCUT2D eigenvalue weighted by atomic mass is 10.2. The molecule has 0 saturated carbocycles. The highest BCUT2D eigenvalue weighted by Crippen LogP contribution is 2.31. The number of methoxy groups -OCH3 is 1. The minimum Gasteiger partial charge on any atom is -0.464 e. The Balaban J connectivity index is 1.78. The molecule has 0 radical (unpaired) electrons. The standard InChI is InChI=1S/C21H19FN2O3S/c1-4-13-9-17-19(28-13)10-18(21(25)26-3)24(17)11-16-12(2)27-20(23-16)14-7-5-6-8-15(14)22/h5-10H,4,11H2,1-3H3. The Hall–Kier alpha value is -2.93. The van der Waals surface area contributed by atoms with Gasteiger partial charge in [-0.05, 0) is 37.6 Å². The number of esters is 1. The lowest BCUT2D eigenvalue weighted by Gasteiger charge is -2.07. The number of rotatable bonds is 5. The monoisotopic (exact) mass is 398 g/mol. The fourth-order valence-electron chi connectivity index (χ4n) is 3.19. The van der Waals surface area contributed by atoms with Gasteiger partial charge in [-0.2, -0.15) is 0 Å². The van der Waals surface area contributed by atoms with Crippen molar-refractivity contribution in [2.24, 2.45) is 0 Å². The van der Waals surface area contributed by atoms with Gasteiger partial charge in [-0.3, -0.25) is 0 Å². The third-order valence-corrected chi connectivity index (χ3v) is 5.90. The number of ether oxygens (including phenoxy) is 1. The van der Waals surface area contributed by atoms with Crippen molar-refractivity contribution < 1.29 is 18.3 Å². The molecule has 0 aliphatic rings. The first-order valence-electron chi connectivity index (χ1n) is 8.93. The van der Waals surface area contributed by atoms with Crippen LogP contribution >= 0.6 is 11.3 Å². The second-order valence-corrected chi connectivity index (χ2v) is 7.59. The van der Waals surface area contributed by atoms with Gasteiger partial charge in [-0.25, -0.2) is 14.2 Å². The third kappa shape index (κ3) is 3.11. The van der Waals surface area contributed by atoms with Crippen molar-refractivity contribution in [2.75, 3.05) is 7.11 Å². The smallest absolute Gasteiger partial charge is 0.354 e. The zero-order valence-electron chi connectivity index (χ0n) is 15.8. The van der Waals surface area contributed by atoms with E-state index in [9.17, 15) is 9.18 Å². The lowest BCUT2D eigenvalue weighted by Crippen LogP contribution is -2.12. The molecular formula is C21H19FN2O3S. The topological polar surface area (TPSA) is 57.3 Å². The summed E-state index contributed by atoms with van der Waals surface area (Å²) in [5, 5.41) is 0. The number of benzene rings is 1. The summed E-state index contributed by atoms with van der Waals surface area (Å²) in [4.78, 5) is 18.0. The second kappa shape index (κ2) is 7.24. The van der Waals surface area contributed by atoms with E-state index in [0.717, 1.165) is 16.6 Å². The fraction of sp³-hybridized carbons (Fsp3) is 0.238. The van der Waals surface area contributed by atoms with Crippen molar-refractivity contribution in [3.05, 3.63) is 64.2 Å². The van der Waals surface area contributed by atoms with Crippen molar-refractivity contribution >= 4 is 27.5 Å². The molecule has 4 rings (SSSR count). The highest BCUT2D eigenvalue weighted by Gasteiger charge is 2.21. The molecule has 5 nitrogen and oxygen atoms in total. The largest absolute Gasteiger partial charge is 0.464 e. The van der Waals surface area contributed by atoms with Crippen LogP contribution in [0.2, 0.25) is 0 Å². The number of aromatic nitrogens is 2. The third-order valence-electron chi connectivity index (χ3n) is 4.69. The molecule has 28 heavy (non-hydrogen) atoms. The van der Waals surface area contributed by atoms with E-state index in [0.29, 0.717) is 29.3 Å². The number of halogens is 1. The maximum atomic E-state index is 14.1. The van der Waals surface area contributed by atoms with Gasteiger partial charge in [-0.15, -0.1) is 11.3 Å². The maximum absolute atomic E-state index is 14.1. The summed E-state index contributed by atoms with van der Waals surface area (Å²) >= 11 is 1.66. The van der Waals surface area contributed by atoms with E-state index < -0.39 is 5.97 Å². The molecule has 1 aromatic carbocycles. The summed E-state index contributed by atoms with van der Waals surface area (Å²) in [6.45, 7) is 4.21. The average molecular weight is 398 g/mol. The molecule has 0 unspecified atom stereocenters. The number of hydrogen-bond donors (Lipinski definition) is 0. The molecule has 0 spiro atoms. The zero-order valence-corrected chi connectivity index (χ0v) is 16.6. The zero-order chi connectivity index (χ0) is 19.8. The van der Waals surface area contributed by atoms with Crippen molar-refractivity contribution in [3.8, 4) is 11.5 Å². The van der Waals surface area contributed by atoms with Gasteiger partial charge in [0.1, 0.15) is 23.0 Å². The molecule has 0 fully saturated rings. The molecule has 0 N–H and O–H groups in total. The minimum atomic E-state index is -0.406. The van der Waals surface area contributed by atoms with Gasteiger partial charge in [0.25, 0.3) is 0 Å². The molecular weight excluding hydrogens is 379 g/mol. The number of oxazole rings is 1. The van der Waals surface area contributed by atoms with Crippen LogP contribution in [0, 0.1) is 12.7 Å². The fourth-order valence-corrected chi connectivity index (χ4v) is 4.23. The Kier molecular flexibility index (Phi) is 4.77. The van der Waals surface area contributed by atoms with Crippen LogP contribution in [0.3, 0.4) is 0 Å². The van der Waals surface area contributed by atoms with Crippen molar-refractivity contribution in [1.82, 2.24) is 9.55 Å². The van der Waals surface area contributed by atoms with Crippen LogP contribution in [-0.4, -0.2) is 22.6 Å². The SMILES string of the molecule is CCc1cc2c(cc(C(=O)OC)n2Cc2nc(-c3ccccc3F)oc2C)s1. The van der Waals surface area contributed by atoms with Gasteiger partial charge in [0.05, 0.1) is 29.4 Å². The number of thiophene rings is 1. The summed E-state index contributed by atoms with van der Waals surface area (Å²) < 4.78 is 27.7. The molecule has 0 saturated heterocycles. The van der Waals surface area contributed by atoms with E-state index in [4.69, 9.17) is 9.15 Å². The molecule has 0 atom stereocenters. The molecule has 7 heteroatoms. The molecule has 0 amide bonds. The van der Waals surface area contributed by atoms with Crippen LogP contribution in [0.25, 0.3) is 21.7 Å². The lowest BCUT2D eigenvalue weighted by molar-refractivity contribution is 0.0589. The summed E-state index contributed by atoms with van der Waals surface area (Å²) in [5.74, 6) is 0.0197. The highest BCUT2D eigenvalue weighted by molar-refractivity contribution is 7.19. The predicted octanol–water partition coefficient (Wildman–Crippen LogP) is 5.20. The van der Waals surface area contributed by atoms with Gasteiger partial charge < -0.3 is 13.7 Å². The molecule has 4 aromatic rings. The minimum absolute atomic E-state index is 0.230. The van der Waals surface area contributed by atoms with Crippen LogP contribution in [0.4, 0.5) is 4.39 Å². The second-order valence-electron chi connectivity index (χ2n) is 6.42. The molecule has 0 aliphatic heterocycles. The summed E-state index contributed by atoms with van der Waals surface area (Å²) in [6, 6.07) is 10.3. The maximum Gasteiger partial charge on any atom is 0.354 e. The quantitative estimate of drug-likeness (QED) is 0.434. The van der Waals surface area contributed by atoms with Gasteiger partial charge in [-0.1, -0.05) is 19.1 Å². The van der Waals surface area contributed by atoms with Crippen LogP contribution in [-0.2, 0) is 17.7 Å². The van der Waals surface area contributed by atoms with Crippen LogP contribution in [0.15, 0.2) is 40.8 Å². The van der Waals surface area contributed by atoms with E-state index >= 15 is 0 Å². The number of aryl methyl sites for hydroxylation is 2. The number of carbonyl (C=O) groups excluding carboxylic acids is 1. The first-order chi connectivity index (χ1) is 13.5. The Morgan fingerprint density at radius 3 is 2.82 bits per heavy atom. The Bertz CT molecular complexity index is 1170. The van der Waals surface area contributed by atoms with Crippen LogP contribution in [0.5, 0.6) is 0 Å². The van der Waals surface area contributed by atoms with E-state index in [-0.39, 0.29) is 11.7 Å². The van der Waals surface area contributed by atoms with Crippen LogP contribution in [0.1, 0.15) is 33.7 Å². The molecule has 3 heterocycles. The van der Waals surface area contributed by atoms with E-state index in [1.165, 1.54) is 18.1 Å². The predicted molar refractivity (Wildman–Crippen MR) is 106 cm³/mol. The van der Waals surface area contributed by atoms with Crippen LogP contribution < -0.4 is 0 Å². The molecule has 3 aromatic heterocycles. The normalized spacial score (nSPS) is 11.3.